The molecule has 86 valence electrons. The predicted molar refractivity (Wildman–Crippen MR) is 62.4 cm³/mol. The van der Waals surface area contributed by atoms with E-state index in [4.69, 9.17) is 5.73 Å². The van der Waals surface area contributed by atoms with E-state index in [1.54, 1.807) is 0 Å². The van der Waals surface area contributed by atoms with Gasteiger partial charge in [0.2, 0.25) is 5.91 Å². The molecule has 1 rings (SSSR count). The van der Waals surface area contributed by atoms with Gasteiger partial charge in [-0.2, -0.15) is 0 Å². The normalized spacial score (nSPS) is 19.2. The third-order valence-corrected chi connectivity index (χ3v) is 2.89. The number of amides is 1. The van der Waals surface area contributed by atoms with E-state index in [-0.39, 0.29) is 17.4 Å². The first kappa shape index (κ1) is 12.2. The lowest BCUT2D eigenvalue weighted by atomic mass is 9.85. The van der Waals surface area contributed by atoms with Crippen molar-refractivity contribution in [1.29, 1.82) is 0 Å². The minimum Gasteiger partial charge on any atom is -0.353 e. The summed E-state index contributed by atoms with van der Waals surface area (Å²) < 4.78 is 0. The quantitative estimate of drug-likeness (QED) is 0.695. The minimum atomic E-state index is -0.0770. The molecule has 0 aliphatic heterocycles. The number of hydrogen-bond donors (Lipinski definition) is 2. The van der Waals surface area contributed by atoms with Crippen molar-refractivity contribution in [3.63, 3.8) is 0 Å². The zero-order valence-electron chi connectivity index (χ0n) is 9.92. The molecule has 0 bridgehead atoms. The Bertz CT molecular complexity index is 245. The summed E-state index contributed by atoms with van der Waals surface area (Å²) in [6.45, 7) is 6.17. The molecule has 1 aliphatic carbocycles. The van der Waals surface area contributed by atoms with Gasteiger partial charge >= 0.3 is 0 Å². The van der Waals surface area contributed by atoms with Gasteiger partial charge in [0.15, 0.2) is 0 Å². The van der Waals surface area contributed by atoms with Gasteiger partial charge < -0.3 is 11.1 Å². The van der Waals surface area contributed by atoms with Gasteiger partial charge in [-0.3, -0.25) is 4.79 Å². The molecule has 0 aromatic rings. The second kappa shape index (κ2) is 4.79. The summed E-state index contributed by atoms with van der Waals surface area (Å²) in [5.41, 5.74) is 5.94. The Morgan fingerprint density at radius 3 is 2.47 bits per heavy atom. The molecule has 1 amide bonds. The van der Waals surface area contributed by atoms with E-state index in [1.807, 2.05) is 0 Å². The van der Waals surface area contributed by atoms with E-state index in [9.17, 15) is 4.79 Å². The summed E-state index contributed by atoms with van der Waals surface area (Å²) in [7, 11) is 0. The molecular formula is C12H22N2O. The van der Waals surface area contributed by atoms with Crippen molar-refractivity contribution >= 4 is 5.91 Å². The second-order valence-corrected chi connectivity index (χ2v) is 5.38. The summed E-state index contributed by atoms with van der Waals surface area (Å²) in [6, 6.07) is 0.219. The largest absolute Gasteiger partial charge is 0.353 e. The molecule has 1 unspecified atom stereocenters. The summed E-state index contributed by atoms with van der Waals surface area (Å²) >= 11 is 0. The van der Waals surface area contributed by atoms with Crippen LogP contribution in [0.1, 0.15) is 40.0 Å². The van der Waals surface area contributed by atoms with E-state index < -0.39 is 0 Å². The Hall–Kier alpha value is -0.830. The summed E-state index contributed by atoms with van der Waals surface area (Å²) in [5.74, 6) is 0.0751. The Labute approximate surface area is 92.1 Å². The van der Waals surface area contributed by atoms with E-state index >= 15 is 0 Å². The highest BCUT2D eigenvalue weighted by atomic mass is 16.1. The molecule has 1 atom stereocenters. The molecule has 1 aliphatic rings. The van der Waals surface area contributed by atoms with Gasteiger partial charge in [-0.05, 0) is 18.3 Å². The van der Waals surface area contributed by atoms with Crippen molar-refractivity contribution in [2.24, 2.45) is 11.1 Å². The molecule has 0 heterocycles. The highest BCUT2D eigenvalue weighted by Gasteiger charge is 2.24. The first-order valence-corrected chi connectivity index (χ1v) is 5.59. The van der Waals surface area contributed by atoms with Gasteiger partial charge in [0.05, 0.1) is 0 Å². The smallest absolute Gasteiger partial charge is 0.221 e. The molecule has 0 saturated heterocycles. The lowest BCUT2D eigenvalue weighted by Crippen LogP contribution is -2.42. The number of rotatable bonds is 3. The van der Waals surface area contributed by atoms with Gasteiger partial charge in [0.25, 0.3) is 0 Å². The minimum absolute atomic E-state index is 0.00866. The number of carbonyl (C=O) groups is 1. The fourth-order valence-electron chi connectivity index (χ4n) is 1.53. The van der Waals surface area contributed by atoms with Crippen LogP contribution in [-0.2, 0) is 4.79 Å². The molecule has 3 nitrogen and oxygen atoms in total. The lowest BCUT2D eigenvalue weighted by molar-refractivity contribution is -0.122. The molecule has 3 N–H and O–H groups in total. The maximum atomic E-state index is 11.6. The van der Waals surface area contributed by atoms with Crippen LogP contribution in [0.15, 0.2) is 12.2 Å². The third kappa shape index (κ3) is 4.04. The van der Waals surface area contributed by atoms with Crippen LogP contribution >= 0.6 is 0 Å². The van der Waals surface area contributed by atoms with Crippen molar-refractivity contribution in [2.75, 3.05) is 0 Å². The van der Waals surface area contributed by atoms with Crippen molar-refractivity contribution in [2.45, 2.75) is 52.1 Å². The summed E-state index contributed by atoms with van der Waals surface area (Å²) in [6.07, 6.45) is 6.54. The average molecular weight is 210 g/mol. The molecule has 0 radical (unpaired) electrons. The first-order chi connectivity index (χ1) is 6.89. The molecule has 0 aromatic carbocycles. The van der Waals surface area contributed by atoms with Crippen LogP contribution in [0, 0.1) is 5.41 Å². The Balaban J connectivity index is 2.29. The molecule has 3 heteroatoms. The topological polar surface area (TPSA) is 55.1 Å². The van der Waals surface area contributed by atoms with Crippen molar-refractivity contribution in [1.82, 2.24) is 5.32 Å². The van der Waals surface area contributed by atoms with Crippen molar-refractivity contribution in [3.05, 3.63) is 12.2 Å². The average Bonchev–Trinajstić information content (AvgIpc) is 2.54. The van der Waals surface area contributed by atoms with Gasteiger partial charge in [-0.1, -0.05) is 32.9 Å². The van der Waals surface area contributed by atoms with Crippen molar-refractivity contribution < 1.29 is 4.79 Å². The zero-order valence-corrected chi connectivity index (χ0v) is 9.92. The maximum Gasteiger partial charge on any atom is 0.221 e. The second-order valence-electron chi connectivity index (χ2n) is 5.38. The fourth-order valence-corrected chi connectivity index (χ4v) is 1.53. The number of nitrogens with two attached hydrogens (primary N) is 1. The molecule has 0 spiro atoms. The molecular weight excluding hydrogens is 188 g/mol. The highest BCUT2D eigenvalue weighted by Crippen LogP contribution is 2.19. The van der Waals surface area contributed by atoms with Crippen LogP contribution in [0.25, 0.3) is 0 Å². The Morgan fingerprint density at radius 2 is 2.00 bits per heavy atom. The van der Waals surface area contributed by atoms with Crippen LogP contribution in [0.3, 0.4) is 0 Å². The van der Waals surface area contributed by atoms with Crippen LogP contribution in [0.4, 0.5) is 0 Å². The molecule has 0 saturated carbocycles. The fraction of sp³-hybridized carbons (Fsp3) is 0.750. The maximum absolute atomic E-state index is 11.6. The van der Waals surface area contributed by atoms with E-state index in [0.29, 0.717) is 12.5 Å². The van der Waals surface area contributed by atoms with Gasteiger partial charge in [-0.15, -0.1) is 0 Å². The van der Waals surface area contributed by atoms with Crippen LogP contribution in [-0.4, -0.2) is 18.0 Å². The van der Waals surface area contributed by atoms with Crippen LogP contribution in [0.2, 0.25) is 0 Å². The highest BCUT2D eigenvalue weighted by molar-refractivity contribution is 5.77. The van der Waals surface area contributed by atoms with Gasteiger partial charge in [0.1, 0.15) is 0 Å². The Morgan fingerprint density at radius 1 is 1.47 bits per heavy atom. The lowest BCUT2D eigenvalue weighted by Gasteiger charge is -2.27. The zero-order chi connectivity index (χ0) is 11.5. The monoisotopic (exact) mass is 210 g/mol. The Kier molecular flexibility index (Phi) is 3.91. The predicted octanol–water partition coefficient (Wildman–Crippen LogP) is 1.58. The number of carbonyl (C=O) groups excluding carboxylic acids is 1. The summed E-state index contributed by atoms with van der Waals surface area (Å²) in [4.78, 5) is 11.6. The standard InChI is InChI=1S/C12H22N2O/c1-12(2,3)10(13)8-11(15)14-9-6-4-5-7-9/h4-5,9-10H,6-8,13H2,1-3H3,(H,14,15). The molecule has 15 heavy (non-hydrogen) atoms. The van der Waals surface area contributed by atoms with Crippen LogP contribution in [0.5, 0.6) is 0 Å². The molecule has 0 fully saturated rings. The van der Waals surface area contributed by atoms with Crippen LogP contribution < -0.4 is 11.1 Å². The van der Waals surface area contributed by atoms with Gasteiger partial charge in [-0.25, -0.2) is 0 Å². The summed E-state index contributed by atoms with van der Waals surface area (Å²) in [5, 5.41) is 3.00. The number of nitrogens with one attached hydrogen (secondary N) is 1. The van der Waals surface area contributed by atoms with E-state index in [0.717, 1.165) is 12.8 Å². The molecule has 0 aromatic heterocycles. The van der Waals surface area contributed by atoms with Crippen molar-refractivity contribution in [3.8, 4) is 0 Å². The first-order valence-electron chi connectivity index (χ1n) is 5.59. The number of hydrogen-bond acceptors (Lipinski definition) is 2. The third-order valence-electron chi connectivity index (χ3n) is 2.89. The SMILES string of the molecule is CC(C)(C)C(N)CC(=O)NC1CC=CC1. The van der Waals surface area contributed by atoms with Gasteiger partial charge in [0, 0.05) is 18.5 Å². The van der Waals surface area contributed by atoms with E-state index in [1.165, 1.54) is 0 Å². The van der Waals surface area contributed by atoms with E-state index in [2.05, 4.69) is 38.2 Å².